The second kappa shape index (κ2) is 6.74. The molecule has 2 aromatic rings. The summed E-state index contributed by atoms with van der Waals surface area (Å²) in [6, 6.07) is 9.97. The lowest BCUT2D eigenvalue weighted by molar-refractivity contribution is 0.225. The van der Waals surface area contributed by atoms with Gasteiger partial charge in [-0.2, -0.15) is 0 Å². The molecule has 0 bridgehead atoms. The van der Waals surface area contributed by atoms with Gasteiger partial charge in [0.2, 0.25) is 0 Å². The third-order valence-corrected chi connectivity index (χ3v) is 3.91. The second-order valence-corrected chi connectivity index (χ2v) is 6.02. The number of anilines is 1. The van der Waals surface area contributed by atoms with Crippen LogP contribution in [0.15, 0.2) is 36.4 Å². The summed E-state index contributed by atoms with van der Waals surface area (Å²) in [5, 5.41) is 16.2. The van der Waals surface area contributed by atoms with Crippen molar-refractivity contribution in [1.82, 2.24) is 5.32 Å². The topological polar surface area (TPSA) is 61.4 Å². The van der Waals surface area contributed by atoms with Gasteiger partial charge in [0, 0.05) is 9.90 Å². The maximum Gasteiger partial charge on any atom is 0.320 e. The number of aryl methyl sites for hydroxylation is 1. The number of aliphatic hydroxyl groups is 1. The number of nitrogens with one attached hydrogen (secondary N) is 2. The zero-order chi connectivity index (χ0) is 14.5. The van der Waals surface area contributed by atoms with Gasteiger partial charge in [0.05, 0.1) is 17.6 Å². The zero-order valence-corrected chi connectivity index (χ0v) is 12.5. The fourth-order valence-electron chi connectivity index (χ4n) is 1.74. The summed E-state index contributed by atoms with van der Waals surface area (Å²) in [4.78, 5) is 13.0. The smallest absolute Gasteiger partial charge is 0.320 e. The predicted octanol–water partition coefficient (Wildman–Crippen LogP) is 3.57. The van der Waals surface area contributed by atoms with E-state index in [9.17, 15) is 9.90 Å². The molecule has 1 unspecified atom stereocenters. The van der Waals surface area contributed by atoms with Crippen LogP contribution < -0.4 is 10.6 Å². The van der Waals surface area contributed by atoms with Crippen molar-refractivity contribution in [1.29, 1.82) is 0 Å². The van der Waals surface area contributed by atoms with Crippen molar-refractivity contribution >= 4 is 34.0 Å². The average molecular weight is 311 g/mol. The number of hydrogen-bond donors (Lipinski definition) is 3. The first-order valence-electron chi connectivity index (χ1n) is 6.09. The number of hydrogen-bond acceptors (Lipinski definition) is 3. The van der Waals surface area contributed by atoms with E-state index in [-0.39, 0.29) is 12.6 Å². The molecule has 0 radical (unpaired) electrons. The first-order chi connectivity index (χ1) is 9.58. The highest BCUT2D eigenvalue weighted by atomic mass is 35.5. The molecular weight excluding hydrogens is 296 g/mol. The molecule has 20 heavy (non-hydrogen) atoms. The maximum atomic E-state index is 11.9. The van der Waals surface area contributed by atoms with Crippen LogP contribution in [0.2, 0.25) is 5.02 Å². The van der Waals surface area contributed by atoms with Crippen LogP contribution in [0.4, 0.5) is 9.80 Å². The number of benzene rings is 1. The Labute approximate surface area is 126 Å². The van der Waals surface area contributed by atoms with Gasteiger partial charge in [-0.3, -0.25) is 5.32 Å². The number of amides is 2. The zero-order valence-electron chi connectivity index (χ0n) is 10.9. The Hall–Kier alpha value is -1.56. The summed E-state index contributed by atoms with van der Waals surface area (Å²) in [7, 11) is 0. The van der Waals surface area contributed by atoms with E-state index < -0.39 is 6.04 Å². The Bertz CT molecular complexity index is 583. The summed E-state index contributed by atoms with van der Waals surface area (Å²) < 4.78 is 0. The van der Waals surface area contributed by atoms with E-state index in [1.807, 2.05) is 19.1 Å². The SMILES string of the molecule is Cc1ccc(NC(=O)NC(CO)c2ccc(Cl)cc2)s1. The molecule has 2 amide bonds. The quantitative estimate of drug-likeness (QED) is 0.808. The highest BCUT2D eigenvalue weighted by Crippen LogP contribution is 2.21. The number of rotatable bonds is 4. The number of urea groups is 1. The summed E-state index contributed by atoms with van der Waals surface area (Å²) in [6.45, 7) is 1.79. The summed E-state index contributed by atoms with van der Waals surface area (Å²) in [5.41, 5.74) is 0.800. The minimum atomic E-state index is -0.465. The van der Waals surface area contributed by atoms with Crippen molar-refractivity contribution in [3.63, 3.8) is 0 Å². The standard InChI is InChI=1S/C14H15ClN2O2S/c1-9-2-7-13(20-9)17-14(19)16-12(8-18)10-3-5-11(15)6-4-10/h2-7,12,18H,8H2,1H3,(H2,16,17,19). The van der Waals surface area contributed by atoms with E-state index in [1.54, 1.807) is 24.3 Å². The van der Waals surface area contributed by atoms with E-state index in [2.05, 4.69) is 10.6 Å². The van der Waals surface area contributed by atoms with Crippen LogP contribution in [-0.2, 0) is 0 Å². The monoisotopic (exact) mass is 310 g/mol. The van der Waals surface area contributed by atoms with Crippen LogP contribution in [0.5, 0.6) is 0 Å². The van der Waals surface area contributed by atoms with Gasteiger partial charge >= 0.3 is 6.03 Å². The lowest BCUT2D eigenvalue weighted by Gasteiger charge is -2.17. The van der Waals surface area contributed by atoms with Crippen LogP contribution in [0.25, 0.3) is 0 Å². The molecule has 6 heteroatoms. The van der Waals surface area contributed by atoms with Gasteiger partial charge in [-0.1, -0.05) is 23.7 Å². The molecule has 0 saturated carbocycles. The lowest BCUT2D eigenvalue weighted by Crippen LogP contribution is -2.34. The molecular formula is C14H15ClN2O2S. The molecule has 0 saturated heterocycles. The number of carbonyl (C=O) groups excluding carboxylic acids is 1. The molecule has 0 aliphatic rings. The average Bonchev–Trinajstić information content (AvgIpc) is 2.82. The Kier molecular flexibility index (Phi) is 5.00. The Balaban J connectivity index is 1.99. The Morgan fingerprint density at radius 2 is 2.00 bits per heavy atom. The first kappa shape index (κ1) is 14.8. The van der Waals surface area contributed by atoms with Gasteiger partial charge in [-0.05, 0) is 36.8 Å². The molecule has 0 spiro atoms. The van der Waals surface area contributed by atoms with E-state index in [0.29, 0.717) is 5.02 Å². The van der Waals surface area contributed by atoms with Crippen LogP contribution in [0.1, 0.15) is 16.5 Å². The van der Waals surface area contributed by atoms with Crippen molar-refractivity contribution in [3.8, 4) is 0 Å². The van der Waals surface area contributed by atoms with E-state index in [0.717, 1.165) is 15.4 Å². The maximum absolute atomic E-state index is 11.9. The van der Waals surface area contributed by atoms with Crippen LogP contribution >= 0.6 is 22.9 Å². The van der Waals surface area contributed by atoms with Gasteiger partial charge in [0.15, 0.2) is 0 Å². The van der Waals surface area contributed by atoms with E-state index >= 15 is 0 Å². The van der Waals surface area contributed by atoms with Crippen molar-refractivity contribution in [3.05, 3.63) is 51.9 Å². The highest BCUT2D eigenvalue weighted by Gasteiger charge is 2.14. The number of thiophene rings is 1. The Morgan fingerprint density at radius 3 is 2.55 bits per heavy atom. The molecule has 106 valence electrons. The van der Waals surface area contributed by atoms with Gasteiger partial charge in [-0.25, -0.2) is 4.79 Å². The van der Waals surface area contributed by atoms with E-state index in [1.165, 1.54) is 11.3 Å². The predicted molar refractivity (Wildman–Crippen MR) is 82.5 cm³/mol. The summed E-state index contributed by atoms with van der Waals surface area (Å²) in [5.74, 6) is 0. The number of halogens is 1. The van der Waals surface area contributed by atoms with E-state index in [4.69, 9.17) is 11.6 Å². The number of aliphatic hydroxyl groups excluding tert-OH is 1. The van der Waals surface area contributed by atoms with Gasteiger partial charge in [-0.15, -0.1) is 11.3 Å². The molecule has 1 aromatic carbocycles. The lowest BCUT2D eigenvalue weighted by atomic mass is 10.1. The van der Waals surface area contributed by atoms with Crippen LogP contribution in [0.3, 0.4) is 0 Å². The normalized spacial score (nSPS) is 11.9. The van der Waals surface area contributed by atoms with Crippen molar-refractivity contribution in [2.45, 2.75) is 13.0 Å². The van der Waals surface area contributed by atoms with Gasteiger partial charge < -0.3 is 10.4 Å². The first-order valence-corrected chi connectivity index (χ1v) is 7.28. The minimum Gasteiger partial charge on any atom is -0.394 e. The fraction of sp³-hybridized carbons (Fsp3) is 0.214. The molecule has 1 aromatic heterocycles. The third-order valence-electron chi connectivity index (χ3n) is 2.74. The Morgan fingerprint density at radius 1 is 1.30 bits per heavy atom. The largest absolute Gasteiger partial charge is 0.394 e. The third kappa shape index (κ3) is 3.96. The van der Waals surface area contributed by atoms with Gasteiger partial charge in [0.25, 0.3) is 0 Å². The highest BCUT2D eigenvalue weighted by molar-refractivity contribution is 7.16. The fourth-order valence-corrected chi connectivity index (χ4v) is 2.63. The molecule has 1 heterocycles. The van der Waals surface area contributed by atoms with Crippen molar-refractivity contribution in [2.24, 2.45) is 0 Å². The molecule has 2 rings (SSSR count). The van der Waals surface area contributed by atoms with Gasteiger partial charge in [0.1, 0.15) is 0 Å². The molecule has 1 atom stereocenters. The number of carbonyl (C=O) groups is 1. The molecule has 3 N–H and O–H groups in total. The van der Waals surface area contributed by atoms with Crippen LogP contribution in [0, 0.1) is 6.92 Å². The van der Waals surface area contributed by atoms with Crippen LogP contribution in [-0.4, -0.2) is 17.7 Å². The van der Waals surface area contributed by atoms with Crippen molar-refractivity contribution in [2.75, 3.05) is 11.9 Å². The molecule has 0 aliphatic carbocycles. The molecule has 0 fully saturated rings. The molecule has 0 aliphatic heterocycles. The molecule has 4 nitrogen and oxygen atoms in total. The summed E-state index contributed by atoms with van der Waals surface area (Å²) in [6.07, 6.45) is 0. The van der Waals surface area contributed by atoms with Crippen molar-refractivity contribution < 1.29 is 9.90 Å². The second-order valence-electron chi connectivity index (χ2n) is 4.30. The summed E-state index contributed by atoms with van der Waals surface area (Å²) >= 11 is 7.31. The minimum absolute atomic E-state index is 0.182.